The molecule has 1 nitrogen and oxygen atoms in total. The molecule has 0 aromatic heterocycles. The van der Waals surface area contributed by atoms with Crippen molar-refractivity contribution in [2.45, 2.75) is 6.10 Å². The van der Waals surface area contributed by atoms with Crippen molar-refractivity contribution in [1.82, 2.24) is 0 Å². The second kappa shape index (κ2) is 5.00. The average molecular weight is 273 g/mol. The van der Waals surface area contributed by atoms with Crippen LogP contribution in [0.1, 0.15) is 17.2 Å². The maximum atomic E-state index is 13.0. The Bertz CT molecular complexity index is 546. The quantitative estimate of drug-likeness (QED) is 0.824. The Kier molecular flexibility index (Phi) is 3.59. The van der Waals surface area contributed by atoms with Crippen LogP contribution in [0.2, 0.25) is 5.02 Å². The highest BCUT2D eigenvalue weighted by atomic mass is 35.5. The molecule has 1 atom stereocenters. The molecule has 2 aromatic carbocycles. The monoisotopic (exact) mass is 272 g/mol. The molecule has 1 unspecified atom stereocenters. The van der Waals surface area contributed by atoms with E-state index in [-0.39, 0.29) is 5.56 Å². The summed E-state index contributed by atoms with van der Waals surface area (Å²) < 4.78 is 38.8. The summed E-state index contributed by atoms with van der Waals surface area (Å²) in [5.41, 5.74) is 0.346. The maximum Gasteiger partial charge on any atom is 0.194 e. The van der Waals surface area contributed by atoms with Gasteiger partial charge in [0, 0.05) is 5.02 Å². The normalized spacial score (nSPS) is 12.5. The minimum Gasteiger partial charge on any atom is -0.384 e. The lowest BCUT2D eigenvalue weighted by Crippen LogP contribution is -2.03. The summed E-state index contributed by atoms with van der Waals surface area (Å²) in [6.07, 6.45) is -1.24. The van der Waals surface area contributed by atoms with Crippen LogP contribution in [0.4, 0.5) is 13.2 Å². The SMILES string of the molecule is OC(c1ccc(Cl)cc1)c1cc(F)c(F)c(F)c1. The van der Waals surface area contributed by atoms with E-state index in [1.54, 1.807) is 0 Å². The van der Waals surface area contributed by atoms with E-state index in [4.69, 9.17) is 11.6 Å². The Labute approximate surface area is 106 Å². The molecule has 5 heteroatoms. The Balaban J connectivity index is 2.39. The zero-order chi connectivity index (χ0) is 13.3. The van der Waals surface area contributed by atoms with E-state index in [0.717, 1.165) is 12.1 Å². The van der Waals surface area contributed by atoms with E-state index in [0.29, 0.717) is 10.6 Å². The molecule has 0 aliphatic carbocycles. The second-order valence-electron chi connectivity index (χ2n) is 3.75. The molecule has 2 rings (SSSR count). The van der Waals surface area contributed by atoms with Gasteiger partial charge in [0.2, 0.25) is 0 Å². The van der Waals surface area contributed by atoms with Crippen LogP contribution in [0.15, 0.2) is 36.4 Å². The van der Waals surface area contributed by atoms with Crippen LogP contribution in [-0.4, -0.2) is 5.11 Å². The van der Waals surface area contributed by atoms with E-state index < -0.39 is 23.6 Å². The van der Waals surface area contributed by atoms with Crippen LogP contribution < -0.4 is 0 Å². The van der Waals surface area contributed by atoms with Crippen molar-refractivity contribution in [2.24, 2.45) is 0 Å². The first kappa shape index (κ1) is 12.9. The van der Waals surface area contributed by atoms with Crippen molar-refractivity contribution in [2.75, 3.05) is 0 Å². The number of rotatable bonds is 2. The molecule has 0 fully saturated rings. The highest BCUT2D eigenvalue weighted by Gasteiger charge is 2.16. The number of hydrogen-bond acceptors (Lipinski definition) is 1. The third-order valence-corrected chi connectivity index (χ3v) is 2.76. The van der Waals surface area contributed by atoms with E-state index in [2.05, 4.69) is 0 Å². The number of aliphatic hydroxyl groups excluding tert-OH is 1. The molecule has 0 saturated carbocycles. The highest BCUT2D eigenvalue weighted by molar-refractivity contribution is 6.30. The Morgan fingerprint density at radius 2 is 1.39 bits per heavy atom. The molecule has 0 saturated heterocycles. The van der Waals surface area contributed by atoms with Crippen LogP contribution in [0.3, 0.4) is 0 Å². The summed E-state index contributed by atoms with van der Waals surface area (Å²) in [6.45, 7) is 0. The van der Waals surface area contributed by atoms with Gasteiger partial charge in [-0.3, -0.25) is 0 Å². The maximum absolute atomic E-state index is 13.0. The fourth-order valence-corrected chi connectivity index (χ4v) is 1.70. The smallest absolute Gasteiger partial charge is 0.194 e. The van der Waals surface area contributed by atoms with Gasteiger partial charge in [-0.05, 0) is 35.4 Å². The van der Waals surface area contributed by atoms with E-state index in [9.17, 15) is 18.3 Å². The lowest BCUT2D eigenvalue weighted by molar-refractivity contribution is 0.218. The standard InChI is InChI=1S/C13H8ClF3O/c14-9-3-1-7(2-4-9)13(18)8-5-10(15)12(17)11(16)6-8/h1-6,13,18H. The first-order valence-electron chi connectivity index (χ1n) is 5.07. The van der Waals surface area contributed by atoms with Gasteiger partial charge < -0.3 is 5.11 Å². The molecule has 0 spiro atoms. The molecular formula is C13H8ClF3O. The van der Waals surface area contributed by atoms with Gasteiger partial charge in [0.1, 0.15) is 6.10 Å². The molecule has 0 aliphatic heterocycles. The van der Waals surface area contributed by atoms with Crippen LogP contribution in [-0.2, 0) is 0 Å². The molecule has 0 heterocycles. The van der Waals surface area contributed by atoms with Gasteiger partial charge in [-0.25, -0.2) is 13.2 Å². The van der Waals surface area contributed by atoms with E-state index in [1.165, 1.54) is 24.3 Å². The Morgan fingerprint density at radius 1 is 0.889 bits per heavy atom. The predicted octanol–water partition coefficient (Wildman–Crippen LogP) is 3.84. The summed E-state index contributed by atoms with van der Waals surface area (Å²) in [7, 11) is 0. The molecule has 1 N–H and O–H groups in total. The van der Waals surface area contributed by atoms with Gasteiger partial charge in [0.05, 0.1) is 0 Å². The van der Waals surface area contributed by atoms with Gasteiger partial charge in [0.25, 0.3) is 0 Å². The predicted molar refractivity (Wildman–Crippen MR) is 61.8 cm³/mol. The second-order valence-corrected chi connectivity index (χ2v) is 4.19. The lowest BCUT2D eigenvalue weighted by atomic mass is 10.0. The zero-order valence-electron chi connectivity index (χ0n) is 9.00. The average Bonchev–Trinajstić information content (AvgIpc) is 2.35. The van der Waals surface area contributed by atoms with Gasteiger partial charge in [-0.15, -0.1) is 0 Å². The van der Waals surface area contributed by atoms with Gasteiger partial charge >= 0.3 is 0 Å². The lowest BCUT2D eigenvalue weighted by Gasteiger charge is -2.12. The summed E-state index contributed by atoms with van der Waals surface area (Å²) >= 11 is 5.68. The molecule has 0 bridgehead atoms. The summed E-state index contributed by atoms with van der Waals surface area (Å²) in [4.78, 5) is 0. The molecular weight excluding hydrogens is 265 g/mol. The van der Waals surface area contributed by atoms with Gasteiger partial charge in [0.15, 0.2) is 17.5 Å². The number of halogens is 4. The molecule has 0 aliphatic rings. The van der Waals surface area contributed by atoms with Crippen molar-refractivity contribution in [3.05, 3.63) is 70.0 Å². The Hall–Kier alpha value is -1.52. The third kappa shape index (κ3) is 2.49. The van der Waals surface area contributed by atoms with E-state index in [1.807, 2.05) is 0 Å². The van der Waals surface area contributed by atoms with E-state index >= 15 is 0 Å². The summed E-state index contributed by atoms with van der Waals surface area (Å²) in [6, 6.07) is 7.64. The zero-order valence-corrected chi connectivity index (χ0v) is 9.76. The van der Waals surface area contributed by atoms with Crippen molar-refractivity contribution in [1.29, 1.82) is 0 Å². The van der Waals surface area contributed by atoms with Crippen molar-refractivity contribution < 1.29 is 18.3 Å². The van der Waals surface area contributed by atoms with Crippen LogP contribution >= 0.6 is 11.6 Å². The number of aliphatic hydroxyl groups is 1. The minimum atomic E-state index is -1.55. The molecule has 2 aromatic rings. The number of hydrogen-bond donors (Lipinski definition) is 1. The largest absolute Gasteiger partial charge is 0.384 e. The van der Waals surface area contributed by atoms with Gasteiger partial charge in [-0.1, -0.05) is 23.7 Å². The molecule has 0 amide bonds. The van der Waals surface area contributed by atoms with Crippen LogP contribution in [0.5, 0.6) is 0 Å². The first-order valence-corrected chi connectivity index (χ1v) is 5.45. The van der Waals surface area contributed by atoms with Gasteiger partial charge in [-0.2, -0.15) is 0 Å². The molecule has 18 heavy (non-hydrogen) atoms. The third-order valence-electron chi connectivity index (χ3n) is 2.51. The van der Waals surface area contributed by atoms with Crippen molar-refractivity contribution in [3.63, 3.8) is 0 Å². The summed E-state index contributed by atoms with van der Waals surface area (Å²) in [5.74, 6) is -4.22. The number of benzene rings is 2. The minimum absolute atomic E-state index is 0.0614. The highest BCUT2D eigenvalue weighted by Crippen LogP contribution is 2.25. The fourth-order valence-electron chi connectivity index (χ4n) is 1.57. The Morgan fingerprint density at radius 3 is 1.89 bits per heavy atom. The molecule has 0 radical (unpaired) electrons. The summed E-state index contributed by atoms with van der Waals surface area (Å²) in [5, 5.41) is 10.4. The fraction of sp³-hybridized carbons (Fsp3) is 0.0769. The van der Waals surface area contributed by atoms with Crippen molar-refractivity contribution >= 4 is 11.6 Å². The first-order chi connectivity index (χ1) is 8.49. The topological polar surface area (TPSA) is 20.2 Å². The molecule has 94 valence electrons. The van der Waals surface area contributed by atoms with Crippen LogP contribution in [0, 0.1) is 17.5 Å². The van der Waals surface area contributed by atoms with Crippen LogP contribution in [0.25, 0.3) is 0 Å². The van der Waals surface area contributed by atoms with Crippen molar-refractivity contribution in [3.8, 4) is 0 Å².